The third-order valence-corrected chi connectivity index (χ3v) is 1.05. The highest BCUT2D eigenvalue weighted by molar-refractivity contribution is 4.66. The fourth-order valence-electron chi connectivity index (χ4n) is 0.453. The van der Waals surface area contributed by atoms with E-state index in [2.05, 4.69) is 19.6 Å². The quantitative estimate of drug-likeness (QED) is 0.272. The minimum absolute atomic E-state index is 0. The zero-order valence-electron chi connectivity index (χ0n) is 6.78. The first-order chi connectivity index (χ1) is 5.85. The van der Waals surface area contributed by atoms with Crippen molar-refractivity contribution in [2.75, 3.05) is 6.61 Å². The third-order valence-electron chi connectivity index (χ3n) is 1.05. The molecule has 0 spiro atoms. The van der Waals surface area contributed by atoms with E-state index < -0.39 is 0 Å². The van der Waals surface area contributed by atoms with Crippen LogP contribution in [0.25, 0.3) is 0 Å². The van der Waals surface area contributed by atoms with Crippen molar-refractivity contribution in [2.45, 2.75) is 26.9 Å². The van der Waals surface area contributed by atoms with Crippen LogP contribution in [0.1, 0.15) is 20.8 Å². The van der Waals surface area contributed by atoms with E-state index in [0.29, 0.717) is 6.42 Å². The summed E-state index contributed by atoms with van der Waals surface area (Å²) in [5, 5.41) is 0. The van der Waals surface area contributed by atoms with Gasteiger partial charge in [0.25, 0.3) is 0 Å². The molecule has 0 aliphatic rings. The second kappa shape index (κ2) is 10.6. The van der Waals surface area contributed by atoms with Crippen molar-refractivity contribution >= 4 is 0 Å². The molecule has 0 fully saturated rings. The summed E-state index contributed by atoms with van der Waals surface area (Å²) in [5.74, 6) is 0. The lowest BCUT2D eigenvalue weighted by Gasteiger charge is -2.09. The topological polar surface area (TPSA) is 36.9 Å². The molecule has 0 radical (unpaired) electrons. The van der Waals surface area contributed by atoms with Gasteiger partial charge in [-0.25, -0.2) is 0 Å². The molecule has 0 aliphatic heterocycles. The first kappa shape index (κ1) is 14.2. The molecule has 4 heteroatoms. The van der Waals surface area contributed by atoms with Crippen molar-refractivity contribution in [3.8, 4) is 25.1 Å². The molecule has 0 aromatic carbocycles. The molecule has 0 saturated carbocycles. The molecule has 0 aromatic rings. The maximum Gasteiger partial charge on any atom is 0.153 e. The molecule has 1 atom stereocenters. The second-order valence-corrected chi connectivity index (χ2v) is 1.81. The van der Waals surface area contributed by atoms with Gasteiger partial charge in [0, 0.05) is 0 Å². The Kier molecular flexibility index (Phi) is 11.6. The van der Waals surface area contributed by atoms with E-state index >= 15 is 0 Å². The number of hydrogen-bond acceptors (Lipinski definition) is 4. The zero-order valence-corrected chi connectivity index (χ0v) is 6.78. The Morgan fingerprint density at radius 3 is 2.31 bits per heavy atom. The first-order valence-electron chi connectivity index (χ1n) is 3.37. The van der Waals surface area contributed by atoms with Crippen molar-refractivity contribution < 1.29 is 19.6 Å². The molecule has 0 bridgehead atoms. The summed E-state index contributed by atoms with van der Waals surface area (Å²) >= 11 is 0. The molecule has 74 valence electrons. The van der Waals surface area contributed by atoms with Gasteiger partial charge >= 0.3 is 0 Å². The lowest BCUT2D eigenvalue weighted by atomic mass is 10.3. The van der Waals surface area contributed by atoms with Crippen molar-refractivity contribution in [3.05, 3.63) is 0 Å². The Morgan fingerprint density at radius 1 is 1.23 bits per heavy atom. The minimum atomic E-state index is -0.283. The molecular formula is C9H14O4. The van der Waals surface area contributed by atoms with Crippen LogP contribution < -0.4 is 0 Å². The average molecular weight is 186 g/mol. The monoisotopic (exact) mass is 186 g/mol. The van der Waals surface area contributed by atoms with Crippen molar-refractivity contribution in [3.63, 3.8) is 0 Å². The molecule has 13 heavy (non-hydrogen) atoms. The summed E-state index contributed by atoms with van der Waals surface area (Å²) in [4.78, 5) is 17.6. The largest absolute Gasteiger partial charge is 0.283 e. The fourth-order valence-corrected chi connectivity index (χ4v) is 0.453. The van der Waals surface area contributed by atoms with Crippen LogP contribution in [0.5, 0.6) is 0 Å². The van der Waals surface area contributed by atoms with Gasteiger partial charge in [-0.05, 0) is 6.42 Å². The molecule has 0 rings (SSSR count). The summed E-state index contributed by atoms with van der Waals surface area (Å²) in [6.45, 7) is 2.05. The van der Waals surface area contributed by atoms with Crippen LogP contribution >= 0.6 is 0 Å². The van der Waals surface area contributed by atoms with Crippen LogP contribution in [-0.2, 0) is 19.6 Å². The van der Waals surface area contributed by atoms with Crippen LogP contribution in [0, 0.1) is 25.1 Å². The maximum absolute atomic E-state index is 4.78. The van der Waals surface area contributed by atoms with E-state index in [-0.39, 0.29) is 20.1 Å². The van der Waals surface area contributed by atoms with Gasteiger partial charge < -0.3 is 0 Å². The third kappa shape index (κ3) is 8.55. The standard InChI is InChI=1S/C8H10O4.CH4/c1-4-8(12-10-6-3)7-11-9-5-2;/h2-3,8H,4,7H2,1H3;1H4. The van der Waals surface area contributed by atoms with E-state index in [1.54, 1.807) is 0 Å². The molecule has 0 N–H and O–H groups in total. The van der Waals surface area contributed by atoms with Gasteiger partial charge in [-0.2, -0.15) is 9.78 Å². The molecule has 0 aromatic heterocycles. The molecule has 0 aliphatic carbocycles. The van der Waals surface area contributed by atoms with Gasteiger partial charge in [0.15, 0.2) is 12.2 Å². The Balaban J connectivity index is 0. The Hall–Kier alpha value is -1.36. The number of terminal acetylenes is 2. The highest BCUT2D eigenvalue weighted by atomic mass is 17.2. The average Bonchev–Trinajstić information content (AvgIpc) is 2.11. The lowest BCUT2D eigenvalue weighted by Crippen LogP contribution is -2.17. The molecule has 4 nitrogen and oxygen atoms in total. The van der Waals surface area contributed by atoms with Crippen molar-refractivity contribution in [1.29, 1.82) is 0 Å². The molecule has 0 amide bonds. The summed E-state index contributed by atoms with van der Waals surface area (Å²) in [7, 11) is 0. The van der Waals surface area contributed by atoms with Gasteiger partial charge in [0.05, 0.1) is 0 Å². The summed E-state index contributed by atoms with van der Waals surface area (Å²) in [5.41, 5.74) is 0. The Labute approximate surface area is 79.0 Å². The van der Waals surface area contributed by atoms with Crippen LogP contribution in [-0.4, -0.2) is 12.7 Å². The Morgan fingerprint density at radius 2 is 1.85 bits per heavy atom. The van der Waals surface area contributed by atoms with Gasteiger partial charge in [-0.1, -0.05) is 27.2 Å². The maximum atomic E-state index is 4.78. The van der Waals surface area contributed by atoms with E-state index in [0.717, 1.165) is 0 Å². The van der Waals surface area contributed by atoms with Gasteiger partial charge in [0.1, 0.15) is 12.7 Å². The second-order valence-electron chi connectivity index (χ2n) is 1.81. The van der Waals surface area contributed by atoms with E-state index in [9.17, 15) is 0 Å². The summed E-state index contributed by atoms with van der Waals surface area (Å²) < 4.78 is 0. The number of rotatable bonds is 6. The van der Waals surface area contributed by atoms with Crippen molar-refractivity contribution in [2.24, 2.45) is 0 Å². The molecular weight excluding hydrogens is 172 g/mol. The van der Waals surface area contributed by atoms with Gasteiger partial charge in [-0.15, -0.1) is 0 Å². The highest BCUT2D eigenvalue weighted by Gasteiger charge is 2.08. The van der Waals surface area contributed by atoms with Crippen LogP contribution in [0.3, 0.4) is 0 Å². The van der Waals surface area contributed by atoms with E-state index in [1.165, 1.54) is 0 Å². The van der Waals surface area contributed by atoms with Crippen LogP contribution in [0.4, 0.5) is 0 Å². The lowest BCUT2D eigenvalue weighted by molar-refractivity contribution is -0.319. The van der Waals surface area contributed by atoms with Crippen molar-refractivity contribution in [1.82, 2.24) is 0 Å². The summed E-state index contributed by atoms with van der Waals surface area (Å²) in [6.07, 6.45) is 13.6. The summed E-state index contributed by atoms with van der Waals surface area (Å²) in [6, 6.07) is 0. The van der Waals surface area contributed by atoms with E-state index in [1.807, 2.05) is 19.1 Å². The normalized spacial score (nSPS) is 10.1. The molecule has 0 saturated heterocycles. The predicted octanol–water partition coefficient (Wildman–Crippen LogP) is 1.48. The van der Waals surface area contributed by atoms with Crippen LogP contribution in [0.2, 0.25) is 0 Å². The first-order valence-corrected chi connectivity index (χ1v) is 3.37. The highest BCUT2D eigenvalue weighted by Crippen LogP contribution is 1.99. The zero-order chi connectivity index (χ0) is 9.23. The van der Waals surface area contributed by atoms with Gasteiger partial charge in [-0.3, -0.25) is 9.78 Å². The Bertz CT molecular complexity index is 177. The minimum Gasteiger partial charge on any atom is -0.283 e. The van der Waals surface area contributed by atoms with Crippen LogP contribution in [0.15, 0.2) is 0 Å². The molecule has 1 unspecified atom stereocenters. The van der Waals surface area contributed by atoms with E-state index in [4.69, 9.17) is 12.8 Å². The SMILES string of the molecule is C.C#COOCC(CC)OOC#C. The molecule has 0 heterocycles. The fraction of sp³-hybridized carbons (Fsp3) is 0.556. The number of hydrogen-bond donors (Lipinski definition) is 0. The van der Waals surface area contributed by atoms with Gasteiger partial charge in [0.2, 0.25) is 0 Å². The predicted molar refractivity (Wildman–Crippen MR) is 47.7 cm³/mol. The smallest absolute Gasteiger partial charge is 0.153 e.